The van der Waals surface area contributed by atoms with Gasteiger partial charge in [0.25, 0.3) is 12.9 Å². The van der Waals surface area contributed by atoms with Crippen molar-refractivity contribution in [1.29, 1.82) is 0 Å². The lowest BCUT2D eigenvalue weighted by Crippen LogP contribution is -2.04. The van der Waals surface area contributed by atoms with Crippen LogP contribution in [0, 0.1) is 6.92 Å². The van der Waals surface area contributed by atoms with Crippen molar-refractivity contribution in [1.82, 2.24) is 0 Å². The Morgan fingerprint density at radius 1 is 1.00 bits per heavy atom. The normalized spacial score (nSPS) is 10.6. The van der Waals surface area contributed by atoms with E-state index in [-0.39, 0.29) is 5.75 Å². The summed E-state index contributed by atoms with van der Waals surface area (Å²) in [4.78, 5) is 33.1. The molecule has 0 bridgehead atoms. The van der Waals surface area contributed by atoms with E-state index >= 15 is 0 Å². The van der Waals surface area contributed by atoms with E-state index < -0.39 is 5.63 Å². The number of benzene rings is 2. The van der Waals surface area contributed by atoms with Gasteiger partial charge in [-0.3, -0.25) is 9.59 Å². The summed E-state index contributed by atoms with van der Waals surface area (Å²) in [5.74, 6) is 0.581. The minimum Gasteiger partial charge on any atom is -0.429 e. The van der Waals surface area contributed by atoms with Gasteiger partial charge in [-0.15, -0.1) is 0 Å². The van der Waals surface area contributed by atoms with Crippen molar-refractivity contribution in [3.8, 4) is 11.5 Å². The predicted molar refractivity (Wildman–Crippen MR) is 78.1 cm³/mol. The number of carbonyl (C=O) groups excluding carboxylic acids is 2. The Labute approximate surface area is 123 Å². The fraction of sp³-hybridized carbons (Fsp3) is 0.0625. The largest absolute Gasteiger partial charge is 0.429 e. The van der Waals surface area contributed by atoms with Crippen molar-refractivity contribution >= 4 is 34.7 Å². The van der Waals surface area contributed by atoms with Gasteiger partial charge in [0.05, 0.1) is 5.39 Å². The van der Waals surface area contributed by atoms with Gasteiger partial charge in [-0.25, -0.2) is 4.79 Å². The number of hydrogen-bond donors (Lipinski definition) is 0. The van der Waals surface area contributed by atoms with E-state index in [9.17, 15) is 14.4 Å². The lowest BCUT2D eigenvalue weighted by atomic mass is 10.0. The first-order chi connectivity index (χ1) is 10.7. The number of rotatable bonds is 4. The topological polar surface area (TPSA) is 82.8 Å². The molecule has 6 heteroatoms. The molecule has 22 heavy (non-hydrogen) atoms. The van der Waals surface area contributed by atoms with Crippen LogP contribution in [0.15, 0.2) is 39.5 Å². The second kappa shape index (κ2) is 5.33. The summed E-state index contributed by atoms with van der Waals surface area (Å²) < 4.78 is 14.9. The Balaban J connectivity index is 2.37. The van der Waals surface area contributed by atoms with Crippen molar-refractivity contribution in [2.24, 2.45) is 0 Å². The molecule has 0 aliphatic rings. The molecule has 0 aliphatic heterocycles. The second-order valence-corrected chi connectivity index (χ2v) is 4.59. The molecule has 3 rings (SSSR count). The van der Waals surface area contributed by atoms with Crippen molar-refractivity contribution in [3.05, 3.63) is 46.3 Å². The van der Waals surface area contributed by atoms with Crippen LogP contribution in [0.25, 0.3) is 21.7 Å². The van der Waals surface area contributed by atoms with Crippen LogP contribution in [0.1, 0.15) is 5.56 Å². The molecule has 110 valence electrons. The van der Waals surface area contributed by atoms with Crippen molar-refractivity contribution < 1.29 is 23.5 Å². The maximum atomic E-state index is 12.2. The van der Waals surface area contributed by atoms with Crippen LogP contribution in [-0.2, 0) is 9.59 Å². The van der Waals surface area contributed by atoms with Crippen molar-refractivity contribution in [2.45, 2.75) is 6.92 Å². The fourth-order valence-electron chi connectivity index (χ4n) is 2.45. The highest BCUT2D eigenvalue weighted by atomic mass is 16.5. The molecule has 0 fully saturated rings. The average Bonchev–Trinajstić information content (AvgIpc) is 2.50. The number of hydrogen-bond acceptors (Lipinski definition) is 6. The lowest BCUT2D eigenvalue weighted by molar-refractivity contribution is -0.121. The van der Waals surface area contributed by atoms with Gasteiger partial charge < -0.3 is 13.9 Å². The van der Waals surface area contributed by atoms with Gasteiger partial charge in [-0.05, 0) is 31.2 Å². The number of fused-ring (bicyclic) bond motifs is 3. The maximum absolute atomic E-state index is 12.2. The second-order valence-electron chi connectivity index (χ2n) is 4.59. The van der Waals surface area contributed by atoms with Gasteiger partial charge >= 0.3 is 5.63 Å². The Morgan fingerprint density at radius 3 is 2.45 bits per heavy atom. The van der Waals surface area contributed by atoms with E-state index in [2.05, 4.69) is 0 Å². The summed E-state index contributed by atoms with van der Waals surface area (Å²) in [5, 5.41) is 1.70. The molecule has 0 atom stereocenters. The molecular formula is C16H10O6. The molecule has 0 unspecified atom stereocenters. The van der Waals surface area contributed by atoms with E-state index in [1.165, 1.54) is 6.07 Å². The summed E-state index contributed by atoms with van der Waals surface area (Å²) in [6.07, 6.45) is 0. The number of carbonyl (C=O) groups is 2. The zero-order valence-electron chi connectivity index (χ0n) is 11.5. The Bertz CT molecular complexity index is 954. The zero-order valence-corrected chi connectivity index (χ0v) is 11.5. The van der Waals surface area contributed by atoms with Crippen molar-refractivity contribution in [3.63, 3.8) is 0 Å². The molecule has 0 saturated carbocycles. The summed E-state index contributed by atoms with van der Waals surface area (Å²) >= 11 is 0. The quantitative estimate of drug-likeness (QED) is 0.417. The minimum absolute atomic E-state index is 0.280. The van der Waals surface area contributed by atoms with Crippen LogP contribution in [0.2, 0.25) is 0 Å². The monoisotopic (exact) mass is 298 g/mol. The summed E-state index contributed by atoms with van der Waals surface area (Å²) in [5.41, 5.74) is 0.272. The maximum Gasteiger partial charge on any atom is 0.344 e. The molecule has 0 N–H and O–H groups in total. The summed E-state index contributed by atoms with van der Waals surface area (Å²) in [6, 6.07) is 8.05. The number of aryl methyl sites for hydroxylation is 1. The molecule has 0 radical (unpaired) electrons. The first kappa shape index (κ1) is 13.8. The van der Waals surface area contributed by atoms with Gasteiger partial charge in [-0.1, -0.05) is 0 Å². The third-order valence-electron chi connectivity index (χ3n) is 3.42. The molecule has 0 amide bonds. The standard InChI is InChI=1S/C16H10O6/c1-9-13(21-8-18)5-4-12-11-3-2-10(20-7-17)6-14(11)22-16(19)15(9)12/h2-8H,1H3. The summed E-state index contributed by atoms with van der Waals surface area (Å²) in [7, 11) is 0. The summed E-state index contributed by atoms with van der Waals surface area (Å²) in [6.45, 7) is 2.28. The van der Waals surface area contributed by atoms with E-state index in [0.29, 0.717) is 46.0 Å². The van der Waals surface area contributed by atoms with Gasteiger partial charge in [-0.2, -0.15) is 0 Å². The SMILES string of the molecule is Cc1c(OC=O)ccc2c1c(=O)oc1cc(OC=O)ccc12. The smallest absolute Gasteiger partial charge is 0.344 e. The van der Waals surface area contributed by atoms with Crippen LogP contribution in [0.4, 0.5) is 0 Å². The molecule has 0 aliphatic carbocycles. The van der Waals surface area contributed by atoms with Gasteiger partial charge in [0.1, 0.15) is 17.1 Å². The minimum atomic E-state index is -0.556. The molecule has 0 spiro atoms. The Kier molecular flexibility index (Phi) is 3.34. The predicted octanol–water partition coefficient (Wildman–Crippen LogP) is 2.33. The van der Waals surface area contributed by atoms with E-state index in [1.54, 1.807) is 31.2 Å². The van der Waals surface area contributed by atoms with E-state index in [4.69, 9.17) is 13.9 Å². The van der Waals surface area contributed by atoms with Crippen LogP contribution in [0.3, 0.4) is 0 Å². The van der Waals surface area contributed by atoms with Gasteiger partial charge in [0.15, 0.2) is 0 Å². The van der Waals surface area contributed by atoms with E-state index in [1.807, 2.05) is 0 Å². The third kappa shape index (κ3) is 2.10. The van der Waals surface area contributed by atoms with Crippen LogP contribution >= 0.6 is 0 Å². The molecular weight excluding hydrogens is 288 g/mol. The molecule has 2 aromatic carbocycles. The van der Waals surface area contributed by atoms with Crippen molar-refractivity contribution in [2.75, 3.05) is 0 Å². The molecule has 1 heterocycles. The van der Waals surface area contributed by atoms with Crippen LogP contribution in [0.5, 0.6) is 11.5 Å². The highest BCUT2D eigenvalue weighted by molar-refractivity contribution is 6.06. The highest BCUT2D eigenvalue weighted by Crippen LogP contribution is 2.31. The first-order valence-electron chi connectivity index (χ1n) is 6.36. The third-order valence-corrected chi connectivity index (χ3v) is 3.42. The number of ether oxygens (including phenoxy) is 2. The molecule has 6 nitrogen and oxygen atoms in total. The van der Waals surface area contributed by atoms with Crippen LogP contribution < -0.4 is 15.1 Å². The Morgan fingerprint density at radius 2 is 1.73 bits per heavy atom. The molecule has 1 aromatic heterocycles. The first-order valence-corrected chi connectivity index (χ1v) is 6.36. The van der Waals surface area contributed by atoms with Gasteiger partial charge in [0, 0.05) is 22.4 Å². The highest BCUT2D eigenvalue weighted by Gasteiger charge is 2.13. The zero-order chi connectivity index (χ0) is 15.7. The molecule has 0 saturated heterocycles. The fourth-order valence-corrected chi connectivity index (χ4v) is 2.45. The molecule has 3 aromatic rings. The average molecular weight is 298 g/mol. The lowest BCUT2D eigenvalue weighted by Gasteiger charge is -2.08. The van der Waals surface area contributed by atoms with Gasteiger partial charge in [0.2, 0.25) is 0 Å². The van der Waals surface area contributed by atoms with Crippen LogP contribution in [-0.4, -0.2) is 12.9 Å². The Hall–Kier alpha value is -3.15. The van der Waals surface area contributed by atoms with E-state index in [0.717, 1.165) is 0 Å².